The van der Waals surface area contributed by atoms with Crippen LogP contribution >= 0.6 is 11.6 Å². The van der Waals surface area contributed by atoms with Crippen molar-refractivity contribution < 1.29 is 9.59 Å². The molecule has 1 N–H and O–H groups in total. The van der Waals surface area contributed by atoms with Crippen LogP contribution in [-0.2, 0) is 4.79 Å². The van der Waals surface area contributed by atoms with Gasteiger partial charge >= 0.3 is 6.03 Å². The number of urea groups is 1. The summed E-state index contributed by atoms with van der Waals surface area (Å²) in [6.45, 7) is 1.99. The summed E-state index contributed by atoms with van der Waals surface area (Å²) in [5.74, 6) is -0.493. The first kappa shape index (κ1) is 13.7. The van der Waals surface area contributed by atoms with Gasteiger partial charge in [-0.1, -0.05) is 0 Å². The maximum Gasteiger partial charge on any atom is 0.323 e. The fraction of sp³-hybridized carbons (Fsp3) is 0.667. The van der Waals surface area contributed by atoms with Gasteiger partial charge in [-0.05, 0) is 6.92 Å². The first-order valence-corrected chi connectivity index (χ1v) is 5.05. The zero-order chi connectivity index (χ0) is 11.8. The number of alkyl halides is 1. The van der Waals surface area contributed by atoms with E-state index in [2.05, 4.69) is 5.32 Å². The molecule has 0 aromatic rings. The van der Waals surface area contributed by atoms with Crippen LogP contribution in [0.1, 0.15) is 13.3 Å². The van der Waals surface area contributed by atoms with Crippen molar-refractivity contribution in [3.05, 3.63) is 0 Å². The molecule has 6 heteroatoms. The monoisotopic (exact) mass is 231 g/mol. The van der Waals surface area contributed by atoms with Gasteiger partial charge in [0.05, 0.1) is 12.0 Å². The number of halogens is 1. The molecule has 0 saturated carbocycles. The van der Waals surface area contributed by atoms with E-state index in [4.69, 9.17) is 16.9 Å². The second kappa shape index (κ2) is 7.07. The molecule has 0 saturated heterocycles. The van der Waals surface area contributed by atoms with Crippen LogP contribution in [0.25, 0.3) is 0 Å². The lowest BCUT2D eigenvalue weighted by molar-refractivity contribution is -0.119. The number of nitrogens with one attached hydrogen (secondary N) is 1. The Morgan fingerprint density at radius 2 is 2.20 bits per heavy atom. The van der Waals surface area contributed by atoms with Crippen molar-refractivity contribution in [1.82, 2.24) is 10.2 Å². The second-order valence-electron chi connectivity index (χ2n) is 3.20. The number of carbonyl (C=O) groups excluding carboxylic acids is 2. The summed E-state index contributed by atoms with van der Waals surface area (Å²) in [6, 6.07) is 1.49. The number of hydrogen-bond acceptors (Lipinski definition) is 3. The molecule has 0 rings (SSSR count). The molecular weight excluding hydrogens is 218 g/mol. The lowest BCUT2D eigenvalue weighted by Crippen LogP contribution is -2.42. The summed E-state index contributed by atoms with van der Waals surface area (Å²) in [5, 5.41) is 10.7. The van der Waals surface area contributed by atoms with Gasteiger partial charge in [0.1, 0.15) is 0 Å². The molecule has 1 atom stereocenters. The molecule has 5 nitrogen and oxygen atoms in total. The Morgan fingerprint density at radius 1 is 1.60 bits per heavy atom. The first-order chi connectivity index (χ1) is 7.01. The smallest absolute Gasteiger partial charge is 0.323 e. The predicted octanol–water partition coefficient (Wildman–Crippen LogP) is 0.943. The normalized spacial score (nSPS) is 11.3. The van der Waals surface area contributed by atoms with Crippen LogP contribution < -0.4 is 5.32 Å². The van der Waals surface area contributed by atoms with Crippen molar-refractivity contribution in [3.63, 3.8) is 0 Å². The molecule has 0 aliphatic heterocycles. The average Bonchev–Trinajstić information content (AvgIpc) is 2.17. The summed E-state index contributed by atoms with van der Waals surface area (Å²) in [5.41, 5.74) is 0. The standard InChI is InChI=1S/C9H14ClN3O2/c1-7(5-11)6-13(2)9(15)12-8(14)3-4-10/h7H,3-4,6H2,1-2H3,(H,12,14,15). The van der Waals surface area contributed by atoms with E-state index in [0.29, 0.717) is 0 Å². The largest absolute Gasteiger partial charge is 0.326 e. The van der Waals surface area contributed by atoms with Gasteiger partial charge in [-0.15, -0.1) is 11.6 Å². The van der Waals surface area contributed by atoms with Crippen LogP contribution in [0, 0.1) is 17.2 Å². The van der Waals surface area contributed by atoms with E-state index in [-0.39, 0.29) is 24.8 Å². The summed E-state index contributed by atoms with van der Waals surface area (Å²) < 4.78 is 0. The molecule has 0 radical (unpaired) electrons. The molecule has 0 spiro atoms. The Hall–Kier alpha value is -1.28. The molecule has 0 aliphatic rings. The highest BCUT2D eigenvalue weighted by Crippen LogP contribution is 1.96. The molecule has 0 bridgehead atoms. The Bertz CT molecular complexity index is 275. The van der Waals surface area contributed by atoms with E-state index in [1.807, 2.05) is 6.07 Å². The van der Waals surface area contributed by atoms with Crippen LogP contribution in [0.4, 0.5) is 4.79 Å². The molecule has 0 aromatic heterocycles. The van der Waals surface area contributed by atoms with Gasteiger partial charge in [0.15, 0.2) is 0 Å². The number of hydrogen-bond donors (Lipinski definition) is 1. The van der Waals surface area contributed by atoms with Gasteiger partial charge in [-0.25, -0.2) is 4.79 Å². The summed E-state index contributed by atoms with van der Waals surface area (Å²) in [7, 11) is 1.52. The van der Waals surface area contributed by atoms with Crippen LogP contribution in [0.3, 0.4) is 0 Å². The summed E-state index contributed by atoms with van der Waals surface area (Å²) in [4.78, 5) is 23.6. The third-order valence-corrected chi connectivity index (χ3v) is 1.87. The van der Waals surface area contributed by atoms with Gasteiger partial charge in [0, 0.05) is 25.9 Å². The van der Waals surface area contributed by atoms with Gasteiger partial charge in [0.2, 0.25) is 5.91 Å². The Labute approximate surface area is 94.0 Å². The molecule has 0 aliphatic carbocycles. The van der Waals surface area contributed by atoms with Crippen molar-refractivity contribution in [2.75, 3.05) is 19.5 Å². The van der Waals surface area contributed by atoms with E-state index >= 15 is 0 Å². The minimum atomic E-state index is -0.507. The van der Waals surface area contributed by atoms with Crippen LogP contribution in [0.15, 0.2) is 0 Å². The average molecular weight is 232 g/mol. The SMILES string of the molecule is CC(C#N)CN(C)C(=O)NC(=O)CCCl. The minimum Gasteiger partial charge on any atom is -0.326 e. The minimum absolute atomic E-state index is 0.106. The van der Waals surface area contributed by atoms with Gasteiger partial charge < -0.3 is 4.90 Å². The molecule has 15 heavy (non-hydrogen) atoms. The van der Waals surface area contributed by atoms with Crippen LogP contribution in [0.5, 0.6) is 0 Å². The second-order valence-corrected chi connectivity index (χ2v) is 3.58. The number of imide groups is 1. The van der Waals surface area contributed by atoms with Gasteiger partial charge in [-0.2, -0.15) is 5.26 Å². The predicted molar refractivity (Wildman–Crippen MR) is 56.3 cm³/mol. The Kier molecular flexibility index (Phi) is 6.47. The van der Waals surface area contributed by atoms with E-state index in [1.165, 1.54) is 11.9 Å². The van der Waals surface area contributed by atoms with E-state index in [0.717, 1.165) is 0 Å². The van der Waals surface area contributed by atoms with E-state index in [1.54, 1.807) is 6.92 Å². The molecule has 84 valence electrons. The summed E-state index contributed by atoms with van der Waals surface area (Å²) in [6.07, 6.45) is 0.106. The quantitative estimate of drug-likeness (QED) is 0.732. The Morgan fingerprint density at radius 3 is 2.67 bits per heavy atom. The van der Waals surface area contributed by atoms with Crippen molar-refractivity contribution in [2.45, 2.75) is 13.3 Å². The zero-order valence-electron chi connectivity index (χ0n) is 8.79. The fourth-order valence-corrected chi connectivity index (χ4v) is 1.07. The molecule has 0 aromatic carbocycles. The highest BCUT2D eigenvalue weighted by Gasteiger charge is 2.14. The number of nitrogens with zero attached hydrogens (tertiary/aromatic N) is 2. The maximum atomic E-state index is 11.3. The lowest BCUT2D eigenvalue weighted by atomic mass is 10.2. The maximum absolute atomic E-state index is 11.3. The van der Waals surface area contributed by atoms with Crippen molar-refractivity contribution in [1.29, 1.82) is 5.26 Å². The molecule has 1 unspecified atom stereocenters. The molecule has 3 amide bonds. The fourth-order valence-electron chi connectivity index (χ4n) is 0.898. The molecule has 0 fully saturated rings. The highest BCUT2D eigenvalue weighted by molar-refractivity contribution is 6.19. The third kappa shape index (κ3) is 5.92. The zero-order valence-corrected chi connectivity index (χ0v) is 9.54. The van der Waals surface area contributed by atoms with Crippen molar-refractivity contribution in [3.8, 4) is 6.07 Å². The third-order valence-electron chi connectivity index (χ3n) is 1.68. The number of nitriles is 1. The molecular formula is C9H14ClN3O2. The van der Waals surface area contributed by atoms with Crippen molar-refractivity contribution >= 4 is 23.5 Å². The Balaban J connectivity index is 4.00. The topological polar surface area (TPSA) is 73.2 Å². The highest BCUT2D eigenvalue weighted by atomic mass is 35.5. The molecule has 0 heterocycles. The van der Waals surface area contributed by atoms with E-state index < -0.39 is 11.9 Å². The van der Waals surface area contributed by atoms with Crippen LogP contribution in [-0.4, -0.2) is 36.3 Å². The first-order valence-electron chi connectivity index (χ1n) is 4.51. The van der Waals surface area contributed by atoms with Crippen molar-refractivity contribution in [2.24, 2.45) is 5.92 Å². The number of amides is 3. The van der Waals surface area contributed by atoms with E-state index in [9.17, 15) is 9.59 Å². The number of rotatable bonds is 4. The van der Waals surface area contributed by atoms with Gasteiger partial charge in [-0.3, -0.25) is 10.1 Å². The number of carbonyl (C=O) groups is 2. The van der Waals surface area contributed by atoms with Crippen LogP contribution in [0.2, 0.25) is 0 Å². The van der Waals surface area contributed by atoms with Gasteiger partial charge in [0.25, 0.3) is 0 Å². The summed E-state index contributed by atoms with van der Waals surface area (Å²) >= 11 is 5.34. The lowest BCUT2D eigenvalue weighted by Gasteiger charge is -2.17.